The standard InChI is InChI=1S/C15H15N3O5S/c1-10-3-8-14(15(9-10)18(20)21)17-24(22,23)13-6-4-12(5-7-13)16-11(2)19/h3-9,17H,1-2H3,(H,16,19). The number of anilines is 2. The van der Waals surface area contributed by atoms with Gasteiger partial charge in [-0.3, -0.25) is 19.6 Å². The van der Waals surface area contributed by atoms with E-state index in [2.05, 4.69) is 10.0 Å². The molecule has 0 radical (unpaired) electrons. The Morgan fingerprint density at radius 2 is 1.75 bits per heavy atom. The van der Waals surface area contributed by atoms with E-state index in [0.717, 1.165) is 0 Å². The zero-order valence-corrected chi connectivity index (χ0v) is 13.8. The van der Waals surface area contributed by atoms with Crippen molar-refractivity contribution < 1.29 is 18.1 Å². The van der Waals surface area contributed by atoms with Crippen molar-refractivity contribution in [1.29, 1.82) is 0 Å². The first-order valence-electron chi connectivity index (χ1n) is 6.84. The zero-order chi connectivity index (χ0) is 17.9. The Labute approximate surface area is 138 Å². The van der Waals surface area contributed by atoms with Gasteiger partial charge in [-0.05, 0) is 42.8 Å². The summed E-state index contributed by atoms with van der Waals surface area (Å²) in [6.45, 7) is 3.01. The molecule has 0 bridgehead atoms. The third-order valence-corrected chi connectivity index (χ3v) is 4.46. The topological polar surface area (TPSA) is 118 Å². The van der Waals surface area contributed by atoms with Crippen LogP contribution in [0.2, 0.25) is 0 Å². The second-order valence-electron chi connectivity index (χ2n) is 5.09. The summed E-state index contributed by atoms with van der Waals surface area (Å²) < 4.78 is 27.0. The molecule has 1 amide bonds. The molecular formula is C15H15N3O5S. The highest BCUT2D eigenvalue weighted by atomic mass is 32.2. The maximum Gasteiger partial charge on any atom is 0.293 e. The van der Waals surface area contributed by atoms with Crippen molar-refractivity contribution in [2.45, 2.75) is 18.7 Å². The minimum Gasteiger partial charge on any atom is -0.326 e. The van der Waals surface area contributed by atoms with Crippen LogP contribution in [0.25, 0.3) is 0 Å². The summed E-state index contributed by atoms with van der Waals surface area (Å²) >= 11 is 0. The Bertz CT molecular complexity index is 892. The van der Waals surface area contributed by atoms with Gasteiger partial charge in [-0.15, -0.1) is 0 Å². The highest BCUT2D eigenvalue weighted by Crippen LogP contribution is 2.28. The number of benzene rings is 2. The third kappa shape index (κ3) is 4.07. The molecule has 0 aromatic heterocycles. The normalized spacial score (nSPS) is 10.9. The van der Waals surface area contributed by atoms with Crippen LogP contribution < -0.4 is 10.0 Å². The third-order valence-electron chi connectivity index (χ3n) is 3.08. The molecule has 0 heterocycles. The lowest BCUT2D eigenvalue weighted by molar-refractivity contribution is -0.383. The van der Waals surface area contributed by atoms with Crippen LogP contribution in [0, 0.1) is 17.0 Å². The van der Waals surface area contributed by atoms with Crippen molar-refractivity contribution in [3.63, 3.8) is 0 Å². The molecule has 0 unspecified atom stereocenters. The van der Waals surface area contributed by atoms with Crippen molar-refractivity contribution in [3.05, 3.63) is 58.1 Å². The quantitative estimate of drug-likeness (QED) is 0.635. The first-order chi connectivity index (χ1) is 11.2. The maximum absolute atomic E-state index is 12.4. The highest BCUT2D eigenvalue weighted by Gasteiger charge is 2.21. The van der Waals surface area contributed by atoms with E-state index in [1.807, 2.05) is 0 Å². The van der Waals surface area contributed by atoms with Crippen molar-refractivity contribution in [2.75, 3.05) is 10.0 Å². The minimum atomic E-state index is -3.99. The molecule has 2 aromatic carbocycles. The van der Waals surface area contributed by atoms with Crippen LogP contribution in [0.3, 0.4) is 0 Å². The largest absolute Gasteiger partial charge is 0.326 e. The monoisotopic (exact) mass is 349 g/mol. The number of aryl methyl sites for hydroxylation is 1. The number of hydrogen-bond donors (Lipinski definition) is 2. The average Bonchev–Trinajstić information content (AvgIpc) is 2.48. The van der Waals surface area contributed by atoms with Crippen LogP contribution in [0.5, 0.6) is 0 Å². The summed E-state index contributed by atoms with van der Waals surface area (Å²) in [6.07, 6.45) is 0. The van der Waals surface area contributed by atoms with Crippen LogP contribution in [0.1, 0.15) is 12.5 Å². The Balaban J connectivity index is 2.32. The molecule has 0 aliphatic rings. The van der Waals surface area contributed by atoms with Crippen molar-refractivity contribution in [2.24, 2.45) is 0 Å². The average molecular weight is 349 g/mol. The molecule has 8 nitrogen and oxygen atoms in total. The summed E-state index contributed by atoms with van der Waals surface area (Å²) in [7, 11) is -3.99. The fraction of sp³-hybridized carbons (Fsp3) is 0.133. The smallest absolute Gasteiger partial charge is 0.293 e. The van der Waals surface area contributed by atoms with Crippen LogP contribution >= 0.6 is 0 Å². The summed E-state index contributed by atoms with van der Waals surface area (Å²) in [5, 5.41) is 13.6. The molecule has 0 spiro atoms. The number of nitrogens with zero attached hydrogens (tertiary/aromatic N) is 1. The first kappa shape index (κ1) is 17.4. The number of rotatable bonds is 5. The Hall–Kier alpha value is -2.94. The van der Waals surface area contributed by atoms with Crippen molar-refractivity contribution in [3.8, 4) is 0 Å². The first-order valence-corrected chi connectivity index (χ1v) is 8.33. The number of sulfonamides is 1. The molecule has 9 heteroatoms. The van der Waals surface area contributed by atoms with Gasteiger partial charge in [-0.1, -0.05) is 6.07 Å². The lowest BCUT2D eigenvalue weighted by Crippen LogP contribution is -2.14. The predicted octanol–water partition coefficient (Wildman–Crippen LogP) is 2.66. The molecule has 0 saturated carbocycles. The van der Waals surface area contributed by atoms with Gasteiger partial charge in [0.05, 0.1) is 9.82 Å². The van der Waals surface area contributed by atoms with Crippen LogP contribution in [-0.4, -0.2) is 19.2 Å². The maximum atomic E-state index is 12.4. The van der Waals surface area contributed by atoms with E-state index in [4.69, 9.17) is 0 Å². The fourth-order valence-corrected chi connectivity index (χ4v) is 3.08. The Morgan fingerprint density at radius 3 is 2.29 bits per heavy atom. The molecule has 2 rings (SSSR count). The molecule has 0 atom stereocenters. The second kappa shape index (κ2) is 6.67. The van der Waals surface area contributed by atoms with Gasteiger partial charge in [0.1, 0.15) is 5.69 Å². The van der Waals surface area contributed by atoms with Crippen LogP contribution in [0.15, 0.2) is 47.4 Å². The van der Waals surface area contributed by atoms with E-state index >= 15 is 0 Å². The molecule has 24 heavy (non-hydrogen) atoms. The molecule has 0 saturated heterocycles. The molecule has 2 aromatic rings. The number of nitrogens with one attached hydrogen (secondary N) is 2. The predicted molar refractivity (Wildman–Crippen MR) is 89.4 cm³/mol. The SMILES string of the molecule is CC(=O)Nc1ccc(S(=O)(=O)Nc2ccc(C)cc2[N+](=O)[O-])cc1. The Kier molecular flexibility index (Phi) is 4.84. The molecular weight excluding hydrogens is 334 g/mol. The lowest BCUT2D eigenvalue weighted by Gasteiger charge is -2.10. The van der Waals surface area contributed by atoms with Crippen LogP contribution in [-0.2, 0) is 14.8 Å². The van der Waals surface area contributed by atoms with Gasteiger partial charge in [-0.25, -0.2) is 8.42 Å². The number of nitro benzene ring substituents is 1. The van der Waals surface area contributed by atoms with Gasteiger partial charge in [0.2, 0.25) is 5.91 Å². The fourth-order valence-electron chi connectivity index (χ4n) is 2.00. The van der Waals surface area contributed by atoms with Gasteiger partial charge in [0.15, 0.2) is 0 Å². The van der Waals surface area contributed by atoms with Crippen molar-refractivity contribution in [1.82, 2.24) is 0 Å². The van der Waals surface area contributed by atoms with Crippen molar-refractivity contribution >= 4 is 33.0 Å². The summed E-state index contributed by atoms with van der Waals surface area (Å²) in [5.74, 6) is -0.279. The van der Waals surface area contributed by atoms with Crippen LogP contribution in [0.4, 0.5) is 17.1 Å². The number of amides is 1. The van der Waals surface area contributed by atoms with Gasteiger partial charge in [-0.2, -0.15) is 0 Å². The molecule has 2 N–H and O–H groups in total. The van der Waals surface area contributed by atoms with Gasteiger partial charge >= 0.3 is 0 Å². The van der Waals surface area contributed by atoms with E-state index in [1.165, 1.54) is 43.3 Å². The van der Waals surface area contributed by atoms with Gasteiger partial charge in [0.25, 0.3) is 15.7 Å². The molecule has 0 aliphatic carbocycles. The lowest BCUT2D eigenvalue weighted by atomic mass is 10.2. The second-order valence-corrected chi connectivity index (χ2v) is 6.77. The minimum absolute atomic E-state index is 0.0773. The zero-order valence-electron chi connectivity index (χ0n) is 12.9. The van der Waals surface area contributed by atoms with Gasteiger partial charge in [0, 0.05) is 18.7 Å². The van der Waals surface area contributed by atoms with E-state index in [0.29, 0.717) is 11.3 Å². The van der Waals surface area contributed by atoms with E-state index in [1.54, 1.807) is 13.0 Å². The Morgan fingerprint density at radius 1 is 1.12 bits per heavy atom. The highest BCUT2D eigenvalue weighted by molar-refractivity contribution is 7.92. The summed E-state index contributed by atoms with van der Waals surface area (Å²) in [6, 6.07) is 9.67. The summed E-state index contributed by atoms with van der Waals surface area (Å²) in [4.78, 5) is 21.3. The van der Waals surface area contributed by atoms with E-state index < -0.39 is 14.9 Å². The number of carbonyl (C=O) groups is 1. The van der Waals surface area contributed by atoms with E-state index in [-0.39, 0.29) is 22.2 Å². The molecule has 126 valence electrons. The number of carbonyl (C=O) groups excluding carboxylic acids is 1. The molecule has 0 fully saturated rings. The van der Waals surface area contributed by atoms with Gasteiger partial charge < -0.3 is 5.32 Å². The number of hydrogen-bond acceptors (Lipinski definition) is 5. The number of nitro groups is 1. The molecule has 0 aliphatic heterocycles. The van der Waals surface area contributed by atoms with E-state index in [9.17, 15) is 23.3 Å². The summed E-state index contributed by atoms with van der Waals surface area (Å²) in [5.41, 5.74) is 0.650.